The molecule has 2 N–H and O–H groups in total. The van der Waals surface area contributed by atoms with E-state index in [1.165, 1.54) is 12.3 Å². The minimum atomic E-state index is -0.986. The Balaban J connectivity index is 1.70. The molecular weight excluding hydrogens is 459 g/mol. The molecule has 1 saturated carbocycles. The lowest BCUT2D eigenvalue weighted by Crippen LogP contribution is -2.19. The smallest absolute Gasteiger partial charge is 0.306 e. The van der Waals surface area contributed by atoms with Crippen LogP contribution in [0.5, 0.6) is 0 Å². The number of aromatic amines is 1. The summed E-state index contributed by atoms with van der Waals surface area (Å²) in [7, 11) is 0. The number of carbonyl (C=O) groups is 1. The molecule has 6 nitrogen and oxygen atoms in total. The van der Waals surface area contributed by atoms with Crippen molar-refractivity contribution in [1.82, 2.24) is 14.8 Å². The zero-order valence-electron chi connectivity index (χ0n) is 18.9. The van der Waals surface area contributed by atoms with E-state index in [1.807, 2.05) is 10.6 Å². The number of hydrogen-bond donors (Lipinski definition) is 2. The lowest BCUT2D eigenvalue weighted by atomic mass is 9.86. The second-order valence-corrected chi connectivity index (χ2v) is 9.58. The van der Waals surface area contributed by atoms with Gasteiger partial charge in [-0.1, -0.05) is 0 Å². The van der Waals surface area contributed by atoms with Crippen molar-refractivity contribution in [3.8, 4) is 5.69 Å². The van der Waals surface area contributed by atoms with Gasteiger partial charge in [0.1, 0.15) is 5.52 Å². The molecule has 9 heteroatoms. The van der Waals surface area contributed by atoms with E-state index in [1.54, 1.807) is 0 Å². The van der Waals surface area contributed by atoms with Crippen molar-refractivity contribution in [2.45, 2.75) is 43.9 Å². The molecule has 182 valence electrons. The Hall–Kier alpha value is -3.33. The van der Waals surface area contributed by atoms with Crippen LogP contribution < -0.4 is 0 Å². The van der Waals surface area contributed by atoms with Crippen LogP contribution in [0, 0.1) is 23.4 Å². The zero-order chi connectivity index (χ0) is 24.3. The molecule has 0 radical (unpaired) electrons. The Labute approximate surface area is 198 Å². The first-order chi connectivity index (χ1) is 16.9. The predicted molar refractivity (Wildman–Crippen MR) is 123 cm³/mol. The number of nitrogens with one attached hydrogen (secondary N) is 1. The monoisotopic (exact) mass is 483 g/mol. The van der Waals surface area contributed by atoms with Gasteiger partial charge in [0.2, 0.25) is 0 Å². The third-order valence-electron chi connectivity index (χ3n) is 7.64. The van der Waals surface area contributed by atoms with Gasteiger partial charge in [0, 0.05) is 47.4 Å². The molecule has 2 aliphatic rings. The fraction of sp³-hybridized carbons (Fsp3) is 0.385. The normalized spacial score (nSPS) is 21.3. The maximum atomic E-state index is 16.1. The van der Waals surface area contributed by atoms with Gasteiger partial charge < -0.3 is 14.4 Å². The topological polar surface area (TPSA) is 80.1 Å². The molecule has 1 aliphatic carbocycles. The average molecular weight is 483 g/mol. The number of aromatic nitrogens is 3. The van der Waals surface area contributed by atoms with Gasteiger partial charge in [-0.05, 0) is 61.8 Å². The van der Waals surface area contributed by atoms with E-state index in [-0.39, 0.29) is 17.4 Å². The second kappa shape index (κ2) is 8.41. The van der Waals surface area contributed by atoms with E-state index in [4.69, 9.17) is 4.74 Å². The summed E-state index contributed by atoms with van der Waals surface area (Å²) in [6.07, 6.45) is 4.46. The van der Waals surface area contributed by atoms with Crippen LogP contribution in [0.15, 0.2) is 30.5 Å². The molecule has 2 aromatic carbocycles. The number of fused-ring (bicyclic) bond motifs is 2. The fourth-order valence-electron chi connectivity index (χ4n) is 6.01. The van der Waals surface area contributed by atoms with E-state index >= 15 is 4.39 Å². The molecule has 1 unspecified atom stereocenters. The molecule has 2 aromatic heterocycles. The van der Waals surface area contributed by atoms with Gasteiger partial charge in [-0.15, -0.1) is 0 Å². The first-order valence-electron chi connectivity index (χ1n) is 11.9. The van der Waals surface area contributed by atoms with Crippen LogP contribution >= 0.6 is 0 Å². The van der Waals surface area contributed by atoms with Crippen LogP contribution in [-0.4, -0.2) is 39.1 Å². The Morgan fingerprint density at radius 2 is 1.86 bits per heavy atom. The number of rotatable bonds is 4. The third kappa shape index (κ3) is 3.52. The van der Waals surface area contributed by atoms with Gasteiger partial charge in [0.25, 0.3) is 0 Å². The van der Waals surface area contributed by atoms with Crippen LogP contribution in [0.4, 0.5) is 13.2 Å². The Morgan fingerprint density at radius 1 is 1.06 bits per heavy atom. The van der Waals surface area contributed by atoms with Crippen molar-refractivity contribution in [2.75, 3.05) is 13.2 Å². The molecule has 2 fully saturated rings. The van der Waals surface area contributed by atoms with Crippen molar-refractivity contribution in [2.24, 2.45) is 5.92 Å². The molecule has 6 rings (SSSR count). The quantitative estimate of drug-likeness (QED) is 0.385. The van der Waals surface area contributed by atoms with Crippen molar-refractivity contribution in [3.63, 3.8) is 0 Å². The molecular formula is C26H24F3N3O3. The van der Waals surface area contributed by atoms with Crippen LogP contribution in [0.1, 0.15) is 55.2 Å². The molecule has 35 heavy (non-hydrogen) atoms. The van der Waals surface area contributed by atoms with Crippen LogP contribution in [0.25, 0.3) is 27.5 Å². The lowest BCUT2D eigenvalue weighted by Gasteiger charge is -2.27. The average Bonchev–Trinajstić information content (AvgIpc) is 3.59. The predicted octanol–water partition coefficient (Wildman–Crippen LogP) is 5.79. The van der Waals surface area contributed by atoms with Gasteiger partial charge >= 0.3 is 5.97 Å². The van der Waals surface area contributed by atoms with E-state index in [2.05, 4.69) is 10.2 Å². The molecule has 0 spiro atoms. The zero-order valence-corrected chi connectivity index (χ0v) is 18.9. The van der Waals surface area contributed by atoms with E-state index in [0.29, 0.717) is 67.3 Å². The van der Waals surface area contributed by atoms with E-state index < -0.39 is 29.3 Å². The van der Waals surface area contributed by atoms with Crippen molar-refractivity contribution < 1.29 is 27.8 Å². The van der Waals surface area contributed by atoms with E-state index in [9.17, 15) is 18.7 Å². The molecule has 1 aliphatic heterocycles. The summed E-state index contributed by atoms with van der Waals surface area (Å²) in [5, 5.41) is 17.3. The summed E-state index contributed by atoms with van der Waals surface area (Å²) in [4.78, 5) is 11.7. The number of ether oxygens (including phenoxy) is 1. The van der Waals surface area contributed by atoms with Crippen LogP contribution in [0.3, 0.4) is 0 Å². The van der Waals surface area contributed by atoms with Gasteiger partial charge in [-0.25, -0.2) is 13.2 Å². The number of carboxylic acids is 1. The fourth-order valence-corrected chi connectivity index (χ4v) is 6.01. The summed E-state index contributed by atoms with van der Waals surface area (Å²) in [6, 6.07) is 5.52. The van der Waals surface area contributed by atoms with Crippen molar-refractivity contribution >= 4 is 27.8 Å². The van der Waals surface area contributed by atoms with Gasteiger partial charge in [0.15, 0.2) is 17.5 Å². The highest BCUT2D eigenvalue weighted by atomic mass is 19.2. The summed E-state index contributed by atoms with van der Waals surface area (Å²) >= 11 is 0. The molecule has 0 bridgehead atoms. The number of carboxylic acid groups (broad SMARTS) is 1. The summed E-state index contributed by atoms with van der Waals surface area (Å²) in [5.74, 6) is -3.92. The van der Waals surface area contributed by atoms with Gasteiger partial charge in [-0.2, -0.15) is 5.10 Å². The number of benzene rings is 2. The Kier molecular flexibility index (Phi) is 5.32. The van der Waals surface area contributed by atoms with E-state index in [0.717, 1.165) is 23.4 Å². The molecule has 0 amide bonds. The highest BCUT2D eigenvalue weighted by molar-refractivity contribution is 6.00. The number of hydrogen-bond acceptors (Lipinski definition) is 3. The summed E-state index contributed by atoms with van der Waals surface area (Å²) < 4.78 is 51.8. The molecule has 2 atom stereocenters. The summed E-state index contributed by atoms with van der Waals surface area (Å²) in [5.41, 5.74) is 2.82. The third-order valence-corrected chi connectivity index (χ3v) is 7.64. The van der Waals surface area contributed by atoms with Gasteiger partial charge in [-0.3, -0.25) is 9.89 Å². The van der Waals surface area contributed by atoms with Crippen LogP contribution in [0.2, 0.25) is 0 Å². The highest BCUT2D eigenvalue weighted by Gasteiger charge is 2.38. The first-order valence-corrected chi connectivity index (χ1v) is 11.9. The minimum absolute atomic E-state index is 0.000917. The maximum absolute atomic E-state index is 16.1. The molecule has 3 heterocycles. The Bertz CT molecular complexity index is 1450. The largest absolute Gasteiger partial charge is 0.481 e. The number of nitrogens with zero attached hydrogens (tertiary/aromatic N) is 2. The minimum Gasteiger partial charge on any atom is -0.481 e. The summed E-state index contributed by atoms with van der Waals surface area (Å²) in [6.45, 7) is 1.08. The number of aliphatic carboxylic acids is 1. The standard InChI is InChI=1S/C26H24F3N3O3/c27-18-4-3-17(11-19(18)28)32-20-10-16-12-30-31-24(16)23(29)22(20)21(14-1-2-15(9-14)26(33)34)25(32)13-5-7-35-8-6-13/h3-4,10-15H,1-2,5-9H2,(H,30,31)(H,33,34)/t14-,15?/m1/s1. The highest BCUT2D eigenvalue weighted by Crippen LogP contribution is 2.49. The van der Waals surface area contributed by atoms with Crippen LogP contribution in [-0.2, 0) is 9.53 Å². The Morgan fingerprint density at radius 3 is 2.57 bits per heavy atom. The second-order valence-electron chi connectivity index (χ2n) is 9.58. The van der Waals surface area contributed by atoms with Crippen molar-refractivity contribution in [3.05, 3.63) is 59.2 Å². The maximum Gasteiger partial charge on any atom is 0.306 e. The molecule has 4 aromatic rings. The first kappa shape index (κ1) is 22.2. The van der Waals surface area contributed by atoms with Crippen molar-refractivity contribution in [1.29, 1.82) is 0 Å². The SMILES string of the molecule is O=C(O)C1CC[C@@H](c2c(C3CCOCC3)n(-c3ccc(F)c(F)c3)c3cc4cn[nH]c4c(F)c23)C1. The molecule has 1 saturated heterocycles. The number of H-pyrrole nitrogens is 1. The number of halogens is 3. The van der Waals surface area contributed by atoms with Gasteiger partial charge in [0.05, 0.1) is 17.6 Å². The lowest BCUT2D eigenvalue weighted by molar-refractivity contribution is -0.141.